The van der Waals surface area contributed by atoms with Gasteiger partial charge in [-0.05, 0) is 35.2 Å². The van der Waals surface area contributed by atoms with E-state index >= 15 is 0 Å². The number of benzene rings is 3. The maximum atomic E-state index is 6.43. The number of hydrogen-bond donors (Lipinski definition) is 0. The Bertz CT molecular complexity index is 1060. The average Bonchev–Trinajstić information content (AvgIpc) is 3.19. The number of nitrogens with zero attached hydrogens (tertiary/aromatic N) is 2. The van der Waals surface area contributed by atoms with Gasteiger partial charge in [-0.15, -0.1) is 0 Å². The first-order chi connectivity index (χ1) is 14.1. The summed E-state index contributed by atoms with van der Waals surface area (Å²) in [4.78, 5) is 0. The molecule has 4 heteroatoms. The summed E-state index contributed by atoms with van der Waals surface area (Å²) in [7, 11) is 0. The number of fused-ring (bicyclic) bond motifs is 3. The smallest absolute Gasteiger partial charge is 0.213 e. The molecule has 29 heavy (non-hydrogen) atoms. The predicted octanol–water partition coefficient (Wildman–Crippen LogP) is 6.71. The van der Waals surface area contributed by atoms with Crippen molar-refractivity contribution in [3.05, 3.63) is 100 Å². The molecule has 0 spiro atoms. The van der Waals surface area contributed by atoms with E-state index in [1.165, 1.54) is 11.1 Å². The van der Waals surface area contributed by atoms with Crippen molar-refractivity contribution < 1.29 is 4.74 Å². The van der Waals surface area contributed by atoms with Crippen molar-refractivity contribution in [2.75, 3.05) is 0 Å². The summed E-state index contributed by atoms with van der Waals surface area (Å²) in [5.74, 6) is 1.45. The molecule has 2 atom stereocenters. The number of ether oxygens (including phenoxy) is 1. The lowest BCUT2D eigenvalue weighted by Gasteiger charge is -2.38. The number of para-hydroxylation sites is 1. The Labute approximate surface area is 176 Å². The third-order valence-corrected chi connectivity index (χ3v) is 6.02. The highest BCUT2D eigenvalue weighted by molar-refractivity contribution is 6.30. The largest absolute Gasteiger partial charge is 0.464 e. The van der Waals surface area contributed by atoms with Crippen molar-refractivity contribution in [3.8, 4) is 5.75 Å². The summed E-state index contributed by atoms with van der Waals surface area (Å²) in [6.45, 7) is 4.42. The van der Waals surface area contributed by atoms with E-state index in [4.69, 9.17) is 21.4 Å². The zero-order valence-electron chi connectivity index (χ0n) is 16.5. The Kier molecular flexibility index (Phi) is 4.56. The highest BCUT2D eigenvalue weighted by Crippen LogP contribution is 2.47. The molecule has 3 aromatic rings. The zero-order chi connectivity index (χ0) is 20.0. The molecule has 0 radical (unpaired) electrons. The Balaban J connectivity index is 1.55. The van der Waals surface area contributed by atoms with Crippen molar-refractivity contribution >= 4 is 17.3 Å². The fourth-order valence-electron chi connectivity index (χ4n) is 4.12. The molecule has 0 N–H and O–H groups in total. The quantitative estimate of drug-likeness (QED) is 0.486. The van der Waals surface area contributed by atoms with Crippen molar-refractivity contribution in [1.82, 2.24) is 5.01 Å². The van der Waals surface area contributed by atoms with Gasteiger partial charge in [-0.3, -0.25) is 0 Å². The molecule has 0 unspecified atom stereocenters. The van der Waals surface area contributed by atoms with E-state index in [1.807, 2.05) is 30.3 Å². The van der Waals surface area contributed by atoms with Gasteiger partial charge < -0.3 is 4.74 Å². The lowest BCUT2D eigenvalue weighted by molar-refractivity contribution is -0.0190. The molecule has 0 saturated heterocycles. The summed E-state index contributed by atoms with van der Waals surface area (Å²) < 4.78 is 6.43. The molecule has 0 aromatic heterocycles. The summed E-state index contributed by atoms with van der Waals surface area (Å²) >= 11 is 6.08. The van der Waals surface area contributed by atoms with Gasteiger partial charge in [-0.25, -0.2) is 5.01 Å². The summed E-state index contributed by atoms with van der Waals surface area (Å²) in [6.07, 6.45) is 0.615. The molecule has 0 amide bonds. The van der Waals surface area contributed by atoms with Crippen LogP contribution in [0.15, 0.2) is 77.9 Å². The van der Waals surface area contributed by atoms with Crippen LogP contribution >= 0.6 is 11.6 Å². The lowest BCUT2D eigenvalue weighted by Crippen LogP contribution is -2.33. The summed E-state index contributed by atoms with van der Waals surface area (Å²) in [6, 6.07) is 25.1. The minimum absolute atomic E-state index is 0.167. The molecule has 3 aromatic carbocycles. The van der Waals surface area contributed by atoms with Crippen LogP contribution in [0, 0.1) is 0 Å². The van der Waals surface area contributed by atoms with Gasteiger partial charge in [0.2, 0.25) is 6.23 Å². The SMILES string of the molecule is CC(C)c1ccc([C@H]2Oc3ccccc3[C@H]3CC(c4ccc(Cl)cc4)=NN32)cc1. The van der Waals surface area contributed by atoms with Gasteiger partial charge in [0.05, 0.1) is 11.8 Å². The van der Waals surface area contributed by atoms with Gasteiger partial charge >= 0.3 is 0 Å². The summed E-state index contributed by atoms with van der Waals surface area (Å²) in [5.41, 5.74) is 5.81. The van der Waals surface area contributed by atoms with Gasteiger partial charge in [0.15, 0.2) is 0 Å². The van der Waals surface area contributed by atoms with Crippen LogP contribution in [0.5, 0.6) is 5.75 Å². The zero-order valence-corrected chi connectivity index (χ0v) is 17.3. The first kappa shape index (κ1) is 18.3. The highest BCUT2D eigenvalue weighted by atomic mass is 35.5. The fraction of sp³-hybridized carbons (Fsp3) is 0.240. The topological polar surface area (TPSA) is 24.8 Å². The van der Waals surface area contributed by atoms with Crippen LogP contribution in [0.4, 0.5) is 0 Å². The van der Waals surface area contributed by atoms with E-state index in [0.717, 1.165) is 34.0 Å². The van der Waals surface area contributed by atoms with Gasteiger partial charge in [-0.2, -0.15) is 5.10 Å². The molecular weight excluding hydrogens is 380 g/mol. The standard InChI is InChI=1S/C25H23ClN2O/c1-16(2)17-7-9-19(10-8-17)25-28-23(21-5-3-4-6-24(21)29-25)15-22(27-28)18-11-13-20(26)14-12-18/h3-14,16,23,25H,15H2,1-2H3/t23-,25-/m1/s1. The van der Waals surface area contributed by atoms with Crippen LogP contribution < -0.4 is 4.74 Å². The van der Waals surface area contributed by atoms with Crippen molar-refractivity contribution in [2.45, 2.75) is 38.5 Å². The molecule has 2 aliphatic heterocycles. The lowest BCUT2D eigenvalue weighted by atomic mass is 9.95. The van der Waals surface area contributed by atoms with Crippen LogP contribution in [0.25, 0.3) is 0 Å². The monoisotopic (exact) mass is 402 g/mol. The highest BCUT2D eigenvalue weighted by Gasteiger charge is 2.40. The van der Waals surface area contributed by atoms with Gasteiger partial charge in [-0.1, -0.05) is 80.0 Å². The van der Waals surface area contributed by atoms with Crippen molar-refractivity contribution in [2.24, 2.45) is 5.10 Å². The van der Waals surface area contributed by atoms with Crippen molar-refractivity contribution in [1.29, 1.82) is 0 Å². The van der Waals surface area contributed by atoms with Crippen molar-refractivity contribution in [3.63, 3.8) is 0 Å². The van der Waals surface area contributed by atoms with Crippen LogP contribution in [-0.4, -0.2) is 10.7 Å². The Morgan fingerprint density at radius 1 is 0.966 bits per heavy atom. The van der Waals surface area contributed by atoms with E-state index in [1.54, 1.807) is 0 Å². The molecule has 2 aliphatic rings. The van der Waals surface area contributed by atoms with E-state index in [-0.39, 0.29) is 12.3 Å². The summed E-state index contributed by atoms with van der Waals surface area (Å²) in [5, 5.41) is 7.87. The number of rotatable bonds is 3. The first-order valence-electron chi connectivity index (χ1n) is 10.1. The van der Waals surface area contributed by atoms with E-state index < -0.39 is 0 Å². The first-order valence-corrected chi connectivity index (χ1v) is 10.4. The second-order valence-electron chi connectivity index (χ2n) is 7.98. The third-order valence-electron chi connectivity index (χ3n) is 5.76. The minimum atomic E-state index is -0.235. The van der Waals surface area contributed by atoms with Crippen LogP contribution in [0.1, 0.15) is 60.7 Å². The molecule has 0 fully saturated rings. The molecule has 0 saturated carbocycles. The Morgan fingerprint density at radius 3 is 2.41 bits per heavy atom. The second kappa shape index (κ2) is 7.23. The minimum Gasteiger partial charge on any atom is -0.464 e. The molecule has 146 valence electrons. The van der Waals surface area contributed by atoms with E-state index in [0.29, 0.717) is 5.92 Å². The third kappa shape index (κ3) is 3.30. The average molecular weight is 403 g/mol. The maximum absolute atomic E-state index is 6.43. The number of hydrogen-bond acceptors (Lipinski definition) is 3. The fourth-order valence-corrected chi connectivity index (χ4v) is 4.24. The molecular formula is C25H23ClN2O. The van der Waals surface area contributed by atoms with Gasteiger partial charge in [0.25, 0.3) is 0 Å². The second-order valence-corrected chi connectivity index (χ2v) is 8.42. The van der Waals surface area contributed by atoms with Crippen LogP contribution in [0.3, 0.4) is 0 Å². The molecule has 5 rings (SSSR count). The van der Waals surface area contributed by atoms with E-state index in [2.05, 4.69) is 61.3 Å². The normalized spacial score (nSPS) is 20.1. The van der Waals surface area contributed by atoms with E-state index in [9.17, 15) is 0 Å². The number of halogens is 1. The van der Waals surface area contributed by atoms with Gasteiger partial charge in [0.1, 0.15) is 5.75 Å². The predicted molar refractivity (Wildman–Crippen MR) is 118 cm³/mol. The van der Waals surface area contributed by atoms with Crippen LogP contribution in [0.2, 0.25) is 5.02 Å². The Hall–Kier alpha value is -2.78. The molecule has 2 heterocycles. The Morgan fingerprint density at radius 2 is 1.69 bits per heavy atom. The molecule has 0 aliphatic carbocycles. The van der Waals surface area contributed by atoms with Gasteiger partial charge in [0, 0.05) is 22.6 Å². The number of hydrazone groups is 1. The van der Waals surface area contributed by atoms with Crippen LogP contribution in [-0.2, 0) is 0 Å². The molecule has 0 bridgehead atoms. The maximum Gasteiger partial charge on any atom is 0.213 e. The molecule has 3 nitrogen and oxygen atoms in total.